The molecule has 21 heavy (non-hydrogen) atoms. The number of rotatable bonds is 3. The molecule has 2 aromatic rings. The molecule has 0 bridgehead atoms. The van der Waals surface area contributed by atoms with Crippen molar-refractivity contribution in [3.05, 3.63) is 63.6 Å². The first kappa shape index (κ1) is 15.4. The van der Waals surface area contributed by atoms with Gasteiger partial charge in [-0.05, 0) is 49.4 Å². The number of hydrogen-bond acceptors (Lipinski definition) is 3. The van der Waals surface area contributed by atoms with E-state index in [2.05, 4.69) is 10.5 Å². The summed E-state index contributed by atoms with van der Waals surface area (Å²) in [6.45, 7) is 1.74. The van der Waals surface area contributed by atoms with E-state index in [1.807, 2.05) is 0 Å². The number of amides is 1. The van der Waals surface area contributed by atoms with Gasteiger partial charge in [0, 0.05) is 26.9 Å². The molecule has 0 saturated heterocycles. The van der Waals surface area contributed by atoms with Gasteiger partial charge in [0.1, 0.15) is 0 Å². The fourth-order valence-corrected chi connectivity index (χ4v) is 2.00. The minimum atomic E-state index is -0.327. The van der Waals surface area contributed by atoms with Crippen LogP contribution in [-0.2, 0) is 0 Å². The summed E-state index contributed by atoms with van der Waals surface area (Å²) >= 11 is 11.7. The first-order valence-electron chi connectivity index (χ1n) is 6.13. The lowest BCUT2D eigenvalue weighted by atomic mass is 10.1. The van der Waals surface area contributed by atoms with E-state index in [0.29, 0.717) is 32.6 Å². The zero-order valence-corrected chi connectivity index (χ0v) is 12.7. The van der Waals surface area contributed by atoms with Crippen molar-refractivity contribution >= 4 is 40.5 Å². The van der Waals surface area contributed by atoms with Crippen LogP contribution in [0.3, 0.4) is 0 Å². The number of nitrogens with one attached hydrogen (secondary N) is 1. The third kappa shape index (κ3) is 3.97. The van der Waals surface area contributed by atoms with Gasteiger partial charge in [-0.25, -0.2) is 5.43 Å². The number of nitrogens with two attached hydrogens (primary N) is 1. The molecule has 0 spiro atoms. The first-order valence-corrected chi connectivity index (χ1v) is 6.88. The van der Waals surface area contributed by atoms with Crippen LogP contribution in [0.2, 0.25) is 10.0 Å². The largest absolute Gasteiger partial charge is 0.398 e. The minimum absolute atomic E-state index is 0.327. The van der Waals surface area contributed by atoms with E-state index in [0.717, 1.165) is 0 Å². The van der Waals surface area contributed by atoms with Crippen LogP contribution < -0.4 is 11.2 Å². The number of halogens is 2. The molecule has 2 aromatic carbocycles. The Morgan fingerprint density at radius 2 is 1.71 bits per heavy atom. The Balaban J connectivity index is 2.14. The smallest absolute Gasteiger partial charge is 0.271 e. The molecule has 0 saturated carbocycles. The Hall–Kier alpha value is -2.04. The summed E-state index contributed by atoms with van der Waals surface area (Å²) in [4.78, 5) is 11.9. The van der Waals surface area contributed by atoms with Gasteiger partial charge in [0.2, 0.25) is 0 Å². The van der Waals surface area contributed by atoms with Gasteiger partial charge in [0.25, 0.3) is 5.91 Å². The number of anilines is 1. The van der Waals surface area contributed by atoms with E-state index in [1.54, 1.807) is 49.4 Å². The van der Waals surface area contributed by atoms with Crippen LogP contribution in [0, 0.1) is 0 Å². The third-order valence-corrected chi connectivity index (χ3v) is 3.32. The van der Waals surface area contributed by atoms with Crippen molar-refractivity contribution in [1.82, 2.24) is 5.43 Å². The molecular formula is C15H13Cl2N3O. The van der Waals surface area contributed by atoms with Crippen molar-refractivity contribution < 1.29 is 4.79 Å². The molecule has 108 valence electrons. The molecule has 0 fully saturated rings. The van der Waals surface area contributed by atoms with Crippen LogP contribution in [0.4, 0.5) is 5.69 Å². The van der Waals surface area contributed by atoms with Crippen LogP contribution in [0.15, 0.2) is 47.6 Å². The molecule has 0 aliphatic carbocycles. The second kappa shape index (κ2) is 6.61. The number of hydrogen-bond donors (Lipinski definition) is 2. The van der Waals surface area contributed by atoms with Crippen molar-refractivity contribution in [2.75, 3.05) is 5.73 Å². The summed E-state index contributed by atoms with van der Waals surface area (Å²) in [5.41, 5.74) is 10.6. The van der Waals surface area contributed by atoms with E-state index < -0.39 is 0 Å². The van der Waals surface area contributed by atoms with E-state index in [4.69, 9.17) is 28.9 Å². The Labute approximate surface area is 132 Å². The van der Waals surface area contributed by atoms with Crippen LogP contribution in [0.5, 0.6) is 0 Å². The number of hydrazone groups is 1. The number of carbonyl (C=O) groups is 1. The topological polar surface area (TPSA) is 67.5 Å². The van der Waals surface area contributed by atoms with E-state index in [9.17, 15) is 4.79 Å². The molecule has 0 aromatic heterocycles. The second-order valence-electron chi connectivity index (χ2n) is 4.38. The van der Waals surface area contributed by atoms with Crippen molar-refractivity contribution in [1.29, 1.82) is 0 Å². The average Bonchev–Trinajstić information content (AvgIpc) is 2.47. The predicted molar refractivity (Wildman–Crippen MR) is 87.0 cm³/mol. The minimum Gasteiger partial charge on any atom is -0.398 e. The maximum Gasteiger partial charge on any atom is 0.271 e. The monoisotopic (exact) mass is 321 g/mol. The van der Waals surface area contributed by atoms with Gasteiger partial charge in [0.15, 0.2) is 0 Å². The highest BCUT2D eigenvalue weighted by Gasteiger charge is 2.07. The summed E-state index contributed by atoms with van der Waals surface area (Å²) in [7, 11) is 0. The van der Waals surface area contributed by atoms with E-state index in [1.165, 1.54) is 0 Å². The summed E-state index contributed by atoms with van der Waals surface area (Å²) < 4.78 is 0. The fraction of sp³-hybridized carbons (Fsp3) is 0.0667. The molecule has 0 radical (unpaired) electrons. The predicted octanol–water partition coefficient (Wildman–Crippen LogP) is 3.73. The fourth-order valence-electron chi connectivity index (χ4n) is 1.70. The van der Waals surface area contributed by atoms with Gasteiger partial charge in [0.05, 0.1) is 5.71 Å². The Morgan fingerprint density at radius 1 is 1.10 bits per heavy atom. The van der Waals surface area contributed by atoms with Crippen molar-refractivity contribution in [2.45, 2.75) is 6.92 Å². The highest BCUT2D eigenvalue weighted by Crippen LogP contribution is 2.18. The maximum atomic E-state index is 11.9. The summed E-state index contributed by atoms with van der Waals surface area (Å²) in [6.07, 6.45) is 0. The summed E-state index contributed by atoms with van der Waals surface area (Å²) in [6, 6.07) is 11.6. The molecule has 4 nitrogen and oxygen atoms in total. The maximum absolute atomic E-state index is 11.9. The summed E-state index contributed by atoms with van der Waals surface area (Å²) in [5, 5.41) is 5.16. The van der Waals surface area contributed by atoms with Crippen LogP contribution >= 0.6 is 23.2 Å². The van der Waals surface area contributed by atoms with Gasteiger partial charge in [-0.3, -0.25) is 4.79 Å². The van der Waals surface area contributed by atoms with Gasteiger partial charge in [-0.1, -0.05) is 23.2 Å². The lowest BCUT2D eigenvalue weighted by Gasteiger charge is -2.06. The van der Waals surface area contributed by atoms with Crippen molar-refractivity contribution in [2.24, 2.45) is 5.10 Å². The molecule has 0 aliphatic heterocycles. The molecule has 1 amide bonds. The molecule has 0 atom stereocenters. The standard InChI is InChI=1S/C15H13Cl2N3O/c1-9(13-8-12(17)6-7-14(13)18)19-20-15(21)10-2-4-11(16)5-3-10/h2-8H,18H2,1H3,(H,20,21)/b19-9+. The first-order chi connectivity index (χ1) is 9.97. The molecule has 0 aliphatic rings. The highest BCUT2D eigenvalue weighted by atomic mass is 35.5. The van der Waals surface area contributed by atoms with E-state index in [-0.39, 0.29) is 5.91 Å². The van der Waals surface area contributed by atoms with Gasteiger partial charge in [-0.2, -0.15) is 5.10 Å². The van der Waals surface area contributed by atoms with Gasteiger partial charge < -0.3 is 5.73 Å². The van der Waals surface area contributed by atoms with Crippen LogP contribution in [0.1, 0.15) is 22.8 Å². The lowest BCUT2D eigenvalue weighted by molar-refractivity contribution is 0.0955. The third-order valence-electron chi connectivity index (χ3n) is 2.84. The number of nitrogen functional groups attached to an aromatic ring is 1. The summed E-state index contributed by atoms with van der Waals surface area (Å²) in [5.74, 6) is -0.327. The Bertz CT molecular complexity index is 697. The van der Waals surface area contributed by atoms with Crippen LogP contribution in [-0.4, -0.2) is 11.6 Å². The van der Waals surface area contributed by atoms with Crippen molar-refractivity contribution in [3.63, 3.8) is 0 Å². The number of nitrogens with zero attached hydrogens (tertiary/aromatic N) is 1. The molecule has 0 heterocycles. The number of benzene rings is 2. The zero-order chi connectivity index (χ0) is 15.4. The Morgan fingerprint density at radius 3 is 2.38 bits per heavy atom. The van der Waals surface area contributed by atoms with Crippen LogP contribution in [0.25, 0.3) is 0 Å². The van der Waals surface area contributed by atoms with Gasteiger partial charge >= 0.3 is 0 Å². The normalized spacial score (nSPS) is 11.3. The zero-order valence-electron chi connectivity index (χ0n) is 11.2. The SMILES string of the molecule is C/C(=N\NC(=O)c1ccc(Cl)cc1)c1cc(Cl)ccc1N. The molecule has 3 N–H and O–H groups in total. The highest BCUT2D eigenvalue weighted by molar-refractivity contribution is 6.31. The molecule has 0 unspecified atom stereocenters. The number of carbonyl (C=O) groups excluding carboxylic acids is 1. The van der Waals surface area contributed by atoms with Gasteiger partial charge in [-0.15, -0.1) is 0 Å². The van der Waals surface area contributed by atoms with Crippen molar-refractivity contribution in [3.8, 4) is 0 Å². The molecule has 6 heteroatoms. The average molecular weight is 322 g/mol. The van der Waals surface area contributed by atoms with E-state index >= 15 is 0 Å². The lowest BCUT2D eigenvalue weighted by Crippen LogP contribution is -2.19. The molecular weight excluding hydrogens is 309 g/mol. The molecule has 2 rings (SSSR count). The Kier molecular flexibility index (Phi) is 4.83. The quantitative estimate of drug-likeness (QED) is 0.514. The second-order valence-corrected chi connectivity index (χ2v) is 5.25.